The molecule has 5 N–H and O–H groups in total. The summed E-state index contributed by atoms with van der Waals surface area (Å²) in [5.74, 6) is -4.27. The molecule has 1 aliphatic heterocycles. The first-order valence-corrected chi connectivity index (χ1v) is 10.0. The number of carboxylic acid groups (broad SMARTS) is 4. The second-order valence-electron chi connectivity index (χ2n) is 7.41. The number of hydrogen-bond donors (Lipinski definition) is 5. The largest absolute Gasteiger partial charge is 0.480 e. The van der Waals surface area contributed by atoms with Crippen LogP contribution in [-0.2, 0) is 40.2 Å². The van der Waals surface area contributed by atoms with Crippen LogP contribution in [0.1, 0.15) is 6.42 Å². The fraction of sp³-hybridized carbons (Fsp3) is 0.737. The zero-order valence-electron chi connectivity index (χ0n) is 18.8. The molecule has 1 atom stereocenters. The van der Waals surface area contributed by atoms with Crippen LogP contribution in [0.4, 0.5) is 0 Å². The Balaban J connectivity index is 0. The van der Waals surface area contributed by atoms with E-state index in [0.29, 0.717) is 0 Å². The molecule has 0 radical (unpaired) electrons. The van der Waals surface area contributed by atoms with Gasteiger partial charge in [-0.3, -0.25) is 38.8 Å². The molecule has 0 aliphatic carbocycles. The van der Waals surface area contributed by atoms with Gasteiger partial charge >= 0.3 is 23.9 Å². The molecule has 0 aromatic rings. The van der Waals surface area contributed by atoms with E-state index < -0.39 is 29.9 Å². The molecule has 0 spiro atoms. The summed E-state index contributed by atoms with van der Waals surface area (Å²) in [6, 6.07) is -0.991. The van der Waals surface area contributed by atoms with Crippen molar-refractivity contribution >= 4 is 23.9 Å². The topological polar surface area (TPSA) is 182 Å². The number of aliphatic hydroxyl groups excluding tert-OH is 1. The normalized spacial score (nSPS) is 18.6. The first kappa shape index (κ1) is 33.5. The Hall–Kier alpha value is -1.63. The molecule has 1 fully saturated rings. The van der Waals surface area contributed by atoms with Crippen molar-refractivity contribution in [2.45, 2.75) is 12.5 Å². The van der Waals surface area contributed by atoms with Crippen molar-refractivity contribution in [3.8, 4) is 0 Å². The number of aliphatic carboxylic acids is 4. The van der Waals surface area contributed by atoms with Gasteiger partial charge in [-0.25, -0.2) is 0 Å². The van der Waals surface area contributed by atoms with Gasteiger partial charge in [0.05, 0.1) is 19.6 Å². The first-order chi connectivity index (χ1) is 14.6. The van der Waals surface area contributed by atoms with Crippen molar-refractivity contribution in [2.75, 3.05) is 78.6 Å². The van der Waals surface area contributed by atoms with Gasteiger partial charge in [0.2, 0.25) is 0 Å². The molecule has 33 heavy (non-hydrogen) atoms. The van der Waals surface area contributed by atoms with Crippen molar-refractivity contribution < 1.29 is 65.8 Å². The molecule has 1 rings (SSSR count). The molecule has 14 heteroatoms. The Kier molecular flexibility index (Phi) is 18.1. The molecule has 1 aliphatic rings. The Morgan fingerprint density at radius 3 is 1.18 bits per heavy atom. The summed E-state index contributed by atoms with van der Waals surface area (Å²) >= 11 is 0. The molecule has 0 aromatic carbocycles. The van der Waals surface area contributed by atoms with Gasteiger partial charge in [-0.2, -0.15) is 0 Å². The van der Waals surface area contributed by atoms with Crippen molar-refractivity contribution in [3.05, 3.63) is 7.43 Å². The zero-order chi connectivity index (χ0) is 23.4. The number of nitrogens with zero attached hydrogens (tertiary/aromatic N) is 4. The molecular formula is C19H35N4O9W-. The van der Waals surface area contributed by atoms with Gasteiger partial charge in [0.1, 0.15) is 6.04 Å². The predicted octanol–water partition coefficient (Wildman–Crippen LogP) is -2.25. The fourth-order valence-corrected chi connectivity index (χ4v) is 3.50. The van der Waals surface area contributed by atoms with Gasteiger partial charge in [0.25, 0.3) is 0 Å². The maximum atomic E-state index is 11.7. The van der Waals surface area contributed by atoms with E-state index in [1.54, 1.807) is 19.6 Å². The van der Waals surface area contributed by atoms with E-state index in [4.69, 9.17) is 5.11 Å². The third-order valence-corrected chi connectivity index (χ3v) is 5.08. The van der Waals surface area contributed by atoms with Gasteiger partial charge in [0.15, 0.2) is 0 Å². The minimum absolute atomic E-state index is 0. The van der Waals surface area contributed by atoms with Gasteiger partial charge in [-0.15, -0.1) is 0 Å². The Labute approximate surface area is 207 Å². The van der Waals surface area contributed by atoms with E-state index >= 15 is 0 Å². The molecule has 1 unspecified atom stereocenters. The second kappa shape index (κ2) is 17.8. The second-order valence-corrected chi connectivity index (χ2v) is 7.41. The SMILES string of the molecule is O=C(O)CN1CCN(CC(=O)O)CCN(C(CCO)C(=O)O)CCN(CC(=O)O)CC1.[CH3-].[W]. The maximum absolute atomic E-state index is 11.7. The van der Waals surface area contributed by atoms with Crippen LogP contribution in [-0.4, -0.2) is 154 Å². The van der Waals surface area contributed by atoms with Crippen LogP contribution in [0.5, 0.6) is 0 Å². The summed E-state index contributed by atoms with van der Waals surface area (Å²) in [6.07, 6.45) is -0.0143. The van der Waals surface area contributed by atoms with Gasteiger partial charge in [0, 0.05) is 80.0 Å². The Morgan fingerprint density at radius 1 is 0.636 bits per heavy atom. The maximum Gasteiger partial charge on any atom is 0.321 e. The number of hydrogen-bond acceptors (Lipinski definition) is 9. The zero-order valence-corrected chi connectivity index (χ0v) is 21.8. The number of carboxylic acids is 4. The quantitative estimate of drug-likeness (QED) is 0.161. The molecule has 192 valence electrons. The van der Waals surface area contributed by atoms with E-state index in [1.807, 2.05) is 0 Å². The standard InChI is InChI=1S/C18H32N4O9.CH3.W/c23-10-1-14(18(30)31)22-8-6-20(12-16(26)27)4-2-19(11-15(24)25)3-5-21(7-9-22)13-17(28)29;;/h14,23H,1-13H2,(H,24,25)(H,26,27)(H,28,29)(H,30,31);1H3;/q;-1;. The van der Waals surface area contributed by atoms with Gasteiger partial charge in [-0.1, -0.05) is 0 Å². The van der Waals surface area contributed by atoms with E-state index in [9.17, 15) is 39.6 Å². The van der Waals surface area contributed by atoms with Crippen LogP contribution in [0.25, 0.3) is 0 Å². The smallest absolute Gasteiger partial charge is 0.321 e. The fourth-order valence-electron chi connectivity index (χ4n) is 3.50. The summed E-state index contributed by atoms with van der Waals surface area (Å²) in [4.78, 5) is 51.8. The van der Waals surface area contributed by atoms with Crippen LogP contribution in [0, 0.1) is 7.43 Å². The van der Waals surface area contributed by atoms with Crippen LogP contribution in [0.15, 0.2) is 0 Å². The van der Waals surface area contributed by atoms with Gasteiger partial charge in [-0.05, 0) is 6.42 Å². The number of aliphatic hydroxyl groups is 1. The molecule has 1 heterocycles. The van der Waals surface area contributed by atoms with E-state index in [1.165, 1.54) is 0 Å². The summed E-state index contributed by atoms with van der Waals surface area (Å²) < 4.78 is 0. The average Bonchev–Trinajstić information content (AvgIpc) is 2.65. The minimum Gasteiger partial charge on any atom is -0.480 e. The minimum atomic E-state index is -1.12. The van der Waals surface area contributed by atoms with Gasteiger partial charge < -0.3 is 33.0 Å². The molecule has 0 aromatic heterocycles. The van der Waals surface area contributed by atoms with Crippen molar-refractivity contribution in [1.29, 1.82) is 0 Å². The van der Waals surface area contributed by atoms with Crippen LogP contribution < -0.4 is 0 Å². The number of carbonyl (C=O) groups is 4. The Morgan fingerprint density at radius 2 is 0.939 bits per heavy atom. The molecule has 0 bridgehead atoms. The van der Waals surface area contributed by atoms with Crippen molar-refractivity contribution in [1.82, 2.24) is 19.6 Å². The summed E-state index contributed by atoms with van der Waals surface area (Å²) in [7, 11) is 0. The van der Waals surface area contributed by atoms with Crippen LogP contribution in [0.2, 0.25) is 0 Å². The number of rotatable bonds is 10. The van der Waals surface area contributed by atoms with E-state index in [0.717, 1.165) is 0 Å². The Bertz CT molecular complexity index is 594. The molecule has 13 nitrogen and oxygen atoms in total. The van der Waals surface area contributed by atoms with Crippen molar-refractivity contribution in [2.24, 2.45) is 0 Å². The monoisotopic (exact) mass is 647 g/mol. The predicted molar refractivity (Wildman–Crippen MR) is 113 cm³/mol. The van der Waals surface area contributed by atoms with Crippen LogP contribution in [0.3, 0.4) is 0 Å². The van der Waals surface area contributed by atoms with E-state index in [2.05, 4.69) is 0 Å². The summed E-state index contributed by atoms with van der Waals surface area (Å²) in [5, 5.41) is 46.3. The molecule has 0 amide bonds. The summed E-state index contributed by atoms with van der Waals surface area (Å²) in [5.41, 5.74) is 0. The first-order valence-electron chi connectivity index (χ1n) is 10.0. The average molecular weight is 647 g/mol. The van der Waals surface area contributed by atoms with Crippen molar-refractivity contribution in [3.63, 3.8) is 0 Å². The third kappa shape index (κ3) is 14.3. The third-order valence-electron chi connectivity index (χ3n) is 5.08. The van der Waals surface area contributed by atoms with Crippen LogP contribution >= 0.6 is 0 Å². The van der Waals surface area contributed by atoms with E-state index in [-0.39, 0.29) is 114 Å². The molecular weight excluding hydrogens is 612 g/mol. The molecule has 0 saturated carbocycles. The summed E-state index contributed by atoms with van der Waals surface area (Å²) in [6.45, 7) is 0.722. The molecule has 1 saturated heterocycles.